The lowest BCUT2D eigenvalue weighted by atomic mass is 9.97. The number of halogens is 1. The molecule has 1 aliphatic heterocycles. The van der Waals surface area contributed by atoms with Crippen LogP contribution in [0.25, 0.3) is 0 Å². The summed E-state index contributed by atoms with van der Waals surface area (Å²) in [6.07, 6.45) is 1.27. The number of nitrogens with zero attached hydrogens (tertiary/aromatic N) is 3. The van der Waals surface area contributed by atoms with Gasteiger partial charge in [0.25, 0.3) is 0 Å². The molecule has 1 fully saturated rings. The van der Waals surface area contributed by atoms with E-state index in [4.69, 9.17) is 16.1 Å². The third-order valence-corrected chi connectivity index (χ3v) is 4.36. The molecule has 1 aliphatic rings. The molecule has 1 saturated heterocycles. The van der Waals surface area contributed by atoms with Gasteiger partial charge in [0.05, 0.1) is 5.92 Å². The number of hydrogen-bond acceptors (Lipinski definition) is 4. The number of hydrogen-bond donors (Lipinski definition) is 0. The average Bonchev–Trinajstić information content (AvgIpc) is 3.02. The minimum absolute atomic E-state index is 0.111. The first-order valence-electron chi connectivity index (χ1n) is 7.88. The van der Waals surface area contributed by atoms with E-state index in [0.717, 1.165) is 17.8 Å². The minimum atomic E-state index is 0.111. The molecule has 0 unspecified atom stereocenters. The van der Waals surface area contributed by atoms with Gasteiger partial charge in [0, 0.05) is 30.5 Å². The van der Waals surface area contributed by atoms with E-state index >= 15 is 0 Å². The highest BCUT2D eigenvalue weighted by molar-refractivity contribution is 6.30. The molecule has 1 amide bonds. The van der Waals surface area contributed by atoms with Crippen molar-refractivity contribution in [1.29, 1.82) is 0 Å². The number of amides is 1. The van der Waals surface area contributed by atoms with Crippen LogP contribution in [0.5, 0.6) is 0 Å². The third kappa shape index (κ3) is 3.72. The van der Waals surface area contributed by atoms with Crippen molar-refractivity contribution in [3.8, 4) is 0 Å². The van der Waals surface area contributed by atoms with Gasteiger partial charge in [0.1, 0.15) is 0 Å². The summed E-state index contributed by atoms with van der Waals surface area (Å²) in [5, 5.41) is 4.72. The Labute approximate surface area is 140 Å². The first-order valence-corrected chi connectivity index (χ1v) is 8.26. The molecule has 23 heavy (non-hydrogen) atoms. The predicted octanol–water partition coefficient (Wildman–Crippen LogP) is 3.75. The Morgan fingerprint density at radius 3 is 2.74 bits per heavy atom. The number of rotatable bonds is 4. The van der Waals surface area contributed by atoms with Crippen molar-refractivity contribution < 1.29 is 9.32 Å². The van der Waals surface area contributed by atoms with E-state index in [9.17, 15) is 4.79 Å². The van der Waals surface area contributed by atoms with Crippen molar-refractivity contribution in [2.45, 2.75) is 45.1 Å². The summed E-state index contributed by atoms with van der Waals surface area (Å²) >= 11 is 5.91. The lowest BCUT2D eigenvalue weighted by Gasteiger charge is -2.31. The van der Waals surface area contributed by atoms with Crippen molar-refractivity contribution in [2.24, 2.45) is 0 Å². The van der Waals surface area contributed by atoms with Gasteiger partial charge >= 0.3 is 0 Å². The molecule has 5 nitrogen and oxygen atoms in total. The zero-order valence-corrected chi connectivity index (χ0v) is 14.1. The summed E-state index contributed by atoms with van der Waals surface area (Å²) in [4.78, 5) is 18.5. The molecule has 0 saturated carbocycles. The van der Waals surface area contributed by atoms with E-state index in [2.05, 4.69) is 10.1 Å². The summed E-state index contributed by atoms with van der Waals surface area (Å²) in [6, 6.07) is 7.58. The van der Waals surface area contributed by atoms with E-state index in [1.54, 1.807) is 0 Å². The Hall–Kier alpha value is -1.88. The second-order valence-electron chi connectivity index (χ2n) is 6.28. The van der Waals surface area contributed by atoms with E-state index in [1.165, 1.54) is 0 Å². The van der Waals surface area contributed by atoms with Crippen molar-refractivity contribution >= 4 is 17.5 Å². The van der Waals surface area contributed by atoms with Crippen LogP contribution in [0, 0.1) is 0 Å². The minimum Gasteiger partial charge on any atom is -0.339 e. The predicted molar refractivity (Wildman–Crippen MR) is 87.2 cm³/mol. The lowest BCUT2D eigenvalue weighted by molar-refractivity contribution is -0.134. The number of piperidine rings is 1. The molecule has 1 atom stereocenters. The van der Waals surface area contributed by atoms with Crippen LogP contribution in [0.1, 0.15) is 55.8 Å². The van der Waals surface area contributed by atoms with E-state index in [0.29, 0.717) is 30.4 Å². The average molecular weight is 334 g/mol. The van der Waals surface area contributed by atoms with Gasteiger partial charge in [-0.25, -0.2) is 0 Å². The van der Waals surface area contributed by atoms with Crippen LogP contribution in [0.3, 0.4) is 0 Å². The molecular weight excluding hydrogens is 314 g/mol. The first kappa shape index (κ1) is 16.0. The Morgan fingerprint density at radius 2 is 2.09 bits per heavy atom. The molecule has 1 aromatic heterocycles. The SMILES string of the molecule is CC(C)c1noc([C@H]2CCC(=O)N(Cc3ccc(Cl)cc3)C2)n1. The standard InChI is InChI=1S/C17H20ClN3O2/c1-11(2)16-19-17(23-20-16)13-5-8-15(22)21(10-13)9-12-3-6-14(18)7-4-12/h3-4,6-7,11,13H,5,8-10H2,1-2H3/t13-/m0/s1. The zero-order chi connectivity index (χ0) is 16.4. The molecule has 2 aromatic rings. The van der Waals surface area contributed by atoms with E-state index in [-0.39, 0.29) is 17.7 Å². The van der Waals surface area contributed by atoms with Gasteiger partial charge in [-0.05, 0) is 24.1 Å². The number of carbonyl (C=O) groups excluding carboxylic acids is 1. The second-order valence-corrected chi connectivity index (χ2v) is 6.72. The highest BCUT2D eigenvalue weighted by Crippen LogP contribution is 2.28. The summed E-state index contributed by atoms with van der Waals surface area (Å²) in [5.41, 5.74) is 1.07. The van der Waals surface area contributed by atoms with Crippen molar-refractivity contribution in [3.63, 3.8) is 0 Å². The number of likely N-dealkylation sites (tertiary alicyclic amines) is 1. The normalized spacial score (nSPS) is 18.7. The van der Waals surface area contributed by atoms with Crippen LogP contribution in [0.4, 0.5) is 0 Å². The van der Waals surface area contributed by atoms with Crippen molar-refractivity contribution in [2.75, 3.05) is 6.54 Å². The van der Waals surface area contributed by atoms with Gasteiger partial charge in [0.2, 0.25) is 11.8 Å². The van der Waals surface area contributed by atoms with Gasteiger partial charge in [0.15, 0.2) is 5.82 Å². The molecule has 0 N–H and O–H groups in total. The van der Waals surface area contributed by atoms with Gasteiger partial charge < -0.3 is 9.42 Å². The fourth-order valence-electron chi connectivity index (χ4n) is 2.73. The van der Waals surface area contributed by atoms with E-state index in [1.807, 2.05) is 43.0 Å². The molecule has 0 spiro atoms. The Morgan fingerprint density at radius 1 is 1.35 bits per heavy atom. The van der Waals surface area contributed by atoms with Crippen LogP contribution in [0.15, 0.2) is 28.8 Å². The fraction of sp³-hybridized carbons (Fsp3) is 0.471. The maximum Gasteiger partial charge on any atom is 0.231 e. The van der Waals surface area contributed by atoms with Crippen molar-refractivity contribution in [3.05, 3.63) is 46.6 Å². The van der Waals surface area contributed by atoms with Crippen molar-refractivity contribution in [1.82, 2.24) is 15.0 Å². The van der Waals surface area contributed by atoms with Gasteiger partial charge in [-0.1, -0.05) is 42.7 Å². The molecular formula is C17H20ClN3O2. The second kappa shape index (κ2) is 6.71. The Kier molecular flexibility index (Phi) is 4.66. The van der Waals surface area contributed by atoms with Crippen LogP contribution in [0.2, 0.25) is 5.02 Å². The van der Waals surface area contributed by atoms with Gasteiger partial charge in [-0.2, -0.15) is 4.98 Å². The first-order chi connectivity index (χ1) is 11.0. The maximum absolute atomic E-state index is 12.2. The molecule has 3 rings (SSSR count). The van der Waals surface area contributed by atoms with Crippen LogP contribution in [-0.4, -0.2) is 27.5 Å². The highest BCUT2D eigenvalue weighted by atomic mass is 35.5. The summed E-state index contributed by atoms with van der Waals surface area (Å²) in [7, 11) is 0. The van der Waals surface area contributed by atoms with Gasteiger partial charge in [-0.15, -0.1) is 0 Å². The highest BCUT2D eigenvalue weighted by Gasteiger charge is 2.30. The van der Waals surface area contributed by atoms with Crippen LogP contribution < -0.4 is 0 Å². The monoisotopic (exact) mass is 333 g/mol. The molecule has 6 heteroatoms. The maximum atomic E-state index is 12.2. The number of aromatic nitrogens is 2. The van der Waals surface area contributed by atoms with Gasteiger partial charge in [-0.3, -0.25) is 4.79 Å². The molecule has 122 valence electrons. The zero-order valence-electron chi connectivity index (χ0n) is 13.3. The largest absolute Gasteiger partial charge is 0.339 e. The molecule has 1 aromatic carbocycles. The molecule has 0 bridgehead atoms. The van der Waals surface area contributed by atoms with Crippen LogP contribution >= 0.6 is 11.6 Å². The fourth-order valence-corrected chi connectivity index (χ4v) is 2.85. The molecule has 2 heterocycles. The Balaban J connectivity index is 1.70. The number of benzene rings is 1. The topological polar surface area (TPSA) is 59.2 Å². The summed E-state index contributed by atoms with van der Waals surface area (Å²) in [6.45, 7) is 5.26. The van der Waals surface area contributed by atoms with E-state index < -0.39 is 0 Å². The van der Waals surface area contributed by atoms with Crippen LogP contribution in [-0.2, 0) is 11.3 Å². The lowest BCUT2D eigenvalue weighted by Crippen LogP contribution is -2.38. The summed E-state index contributed by atoms with van der Waals surface area (Å²) < 4.78 is 5.40. The summed E-state index contributed by atoms with van der Waals surface area (Å²) in [5.74, 6) is 1.88. The molecule has 0 aliphatic carbocycles. The third-order valence-electron chi connectivity index (χ3n) is 4.11. The smallest absolute Gasteiger partial charge is 0.231 e. The Bertz CT molecular complexity index is 681. The number of carbonyl (C=O) groups is 1. The molecule has 0 radical (unpaired) electrons. The quantitative estimate of drug-likeness (QED) is 0.855.